The van der Waals surface area contributed by atoms with Crippen molar-refractivity contribution in [3.05, 3.63) is 0 Å². The Labute approximate surface area is 600 Å². The second kappa shape index (κ2) is 72.0. The molecule has 0 aliphatic rings. The van der Waals surface area contributed by atoms with Crippen LogP contribution in [0.4, 0.5) is 0 Å². The number of phosphoric ester groups is 2. The maximum absolute atomic E-state index is 13.1. The molecule has 0 aliphatic heterocycles. The van der Waals surface area contributed by atoms with Crippen LogP contribution in [-0.2, 0) is 65.4 Å². The van der Waals surface area contributed by atoms with Gasteiger partial charge in [-0.2, -0.15) is 0 Å². The van der Waals surface area contributed by atoms with E-state index in [1.807, 2.05) is 0 Å². The van der Waals surface area contributed by atoms with Gasteiger partial charge in [0, 0.05) is 25.7 Å². The van der Waals surface area contributed by atoms with E-state index in [2.05, 4.69) is 34.6 Å². The molecule has 3 N–H and O–H groups in total. The predicted molar refractivity (Wildman–Crippen MR) is 400 cm³/mol. The lowest BCUT2D eigenvalue weighted by molar-refractivity contribution is -0.161. The third-order valence-corrected chi connectivity index (χ3v) is 20.4. The van der Waals surface area contributed by atoms with Gasteiger partial charge in [-0.05, 0) is 31.6 Å². The summed E-state index contributed by atoms with van der Waals surface area (Å²) in [6.45, 7) is 7.32. The van der Waals surface area contributed by atoms with Gasteiger partial charge in [0.1, 0.15) is 19.3 Å². The topological polar surface area (TPSA) is 237 Å². The number of aliphatic hydroxyl groups excluding tert-OH is 1. The molecule has 2 unspecified atom stereocenters. The molecule has 0 heterocycles. The molecular formula is C79H154O17P2. The highest BCUT2D eigenvalue weighted by Crippen LogP contribution is 2.45. The Morgan fingerprint density at radius 3 is 0.694 bits per heavy atom. The zero-order chi connectivity index (χ0) is 71.9. The summed E-state index contributed by atoms with van der Waals surface area (Å²) in [4.78, 5) is 72.9. The SMILES string of the molecule is CCCCCCCCCCCCCCCCCCCCCC(=O)O[C@H](COC(=O)CCCCCCCCCCCCCC(C)C)COP(=O)(O)OC[C@@H](O)COP(=O)(O)OC[C@@H](COC(=O)CCCCCCCCCCCCC)OC(=O)CCCCCCCCCCCCCCCC. The van der Waals surface area contributed by atoms with Gasteiger partial charge < -0.3 is 33.8 Å². The van der Waals surface area contributed by atoms with Crippen molar-refractivity contribution >= 4 is 39.5 Å². The molecule has 5 atom stereocenters. The molecule has 0 bridgehead atoms. The van der Waals surface area contributed by atoms with Gasteiger partial charge in [0.25, 0.3) is 0 Å². The lowest BCUT2D eigenvalue weighted by Crippen LogP contribution is -2.30. The Balaban J connectivity index is 5.24. The number of carbonyl (C=O) groups excluding carboxylic acids is 4. The first-order valence-electron chi connectivity index (χ1n) is 41.1. The number of carbonyl (C=O) groups is 4. The van der Waals surface area contributed by atoms with Crippen LogP contribution in [0.2, 0.25) is 0 Å². The van der Waals surface area contributed by atoms with E-state index in [-0.39, 0.29) is 25.7 Å². The number of phosphoric acid groups is 2. The molecule has 0 saturated heterocycles. The molecule has 582 valence electrons. The number of hydrogen-bond donors (Lipinski definition) is 3. The summed E-state index contributed by atoms with van der Waals surface area (Å²) in [6.07, 6.45) is 62.3. The number of aliphatic hydroxyl groups is 1. The average molecular weight is 1440 g/mol. The molecule has 0 aromatic carbocycles. The highest BCUT2D eigenvalue weighted by molar-refractivity contribution is 7.47. The Bertz CT molecular complexity index is 1870. The molecule has 0 spiro atoms. The van der Waals surface area contributed by atoms with Crippen LogP contribution in [0.5, 0.6) is 0 Å². The van der Waals surface area contributed by atoms with Gasteiger partial charge in [-0.1, -0.05) is 369 Å². The quantitative estimate of drug-likeness (QED) is 0.0222. The summed E-state index contributed by atoms with van der Waals surface area (Å²) in [7, 11) is -9.91. The van der Waals surface area contributed by atoms with Crippen LogP contribution in [0.25, 0.3) is 0 Å². The maximum atomic E-state index is 13.1. The van der Waals surface area contributed by atoms with E-state index < -0.39 is 97.5 Å². The van der Waals surface area contributed by atoms with Crippen LogP contribution in [0.15, 0.2) is 0 Å². The van der Waals surface area contributed by atoms with Crippen molar-refractivity contribution in [1.82, 2.24) is 0 Å². The highest BCUT2D eigenvalue weighted by atomic mass is 31.2. The number of unbranched alkanes of at least 4 members (excludes halogenated alkanes) is 51. The van der Waals surface area contributed by atoms with Gasteiger partial charge in [-0.15, -0.1) is 0 Å². The molecule has 19 heteroatoms. The van der Waals surface area contributed by atoms with E-state index in [1.54, 1.807) is 0 Å². The standard InChI is InChI=1S/C79H154O17P2/c1-6-9-12-15-18-21-24-26-28-29-30-31-32-34-39-45-50-55-60-65-79(84)96-75(69-90-77(82)63-58-53-48-43-40-35-37-41-46-51-56-61-72(4)5)71-94-98(87,88)92-67-73(80)66-91-97(85,86)93-70-74(68-89-76(81)62-57-52-47-42-36-23-20-17-14-11-8-3)95-78(83)64-59-54-49-44-38-33-27-25-22-19-16-13-10-7-2/h72-75,80H,6-71H2,1-5H3,(H,85,86)(H,87,88)/t73-,74+,75+/m0/s1. The molecule has 98 heavy (non-hydrogen) atoms. The first-order valence-corrected chi connectivity index (χ1v) is 44.1. The van der Waals surface area contributed by atoms with Crippen molar-refractivity contribution in [3.8, 4) is 0 Å². The summed E-state index contributed by atoms with van der Waals surface area (Å²) < 4.78 is 68.7. The van der Waals surface area contributed by atoms with Gasteiger partial charge in [0.05, 0.1) is 26.4 Å². The van der Waals surface area contributed by atoms with Crippen LogP contribution in [0, 0.1) is 5.92 Å². The summed E-state index contributed by atoms with van der Waals surface area (Å²) in [6, 6.07) is 0. The molecule has 0 fully saturated rings. The lowest BCUT2D eigenvalue weighted by atomic mass is 10.0. The molecule has 0 aliphatic carbocycles. The Hall–Kier alpha value is -1.94. The van der Waals surface area contributed by atoms with Gasteiger partial charge in [0.2, 0.25) is 0 Å². The third-order valence-electron chi connectivity index (χ3n) is 18.5. The van der Waals surface area contributed by atoms with Crippen molar-refractivity contribution in [2.75, 3.05) is 39.6 Å². The highest BCUT2D eigenvalue weighted by Gasteiger charge is 2.30. The zero-order valence-electron chi connectivity index (χ0n) is 63.9. The Morgan fingerprint density at radius 1 is 0.276 bits per heavy atom. The van der Waals surface area contributed by atoms with E-state index in [4.69, 9.17) is 37.0 Å². The third kappa shape index (κ3) is 72.4. The maximum Gasteiger partial charge on any atom is 0.472 e. The van der Waals surface area contributed by atoms with E-state index in [1.165, 1.54) is 244 Å². The van der Waals surface area contributed by atoms with E-state index in [0.717, 1.165) is 95.8 Å². The number of hydrogen-bond acceptors (Lipinski definition) is 15. The van der Waals surface area contributed by atoms with Crippen molar-refractivity contribution in [2.24, 2.45) is 5.92 Å². The summed E-state index contributed by atoms with van der Waals surface area (Å²) in [5.74, 6) is -1.34. The molecule has 17 nitrogen and oxygen atoms in total. The van der Waals surface area contributed by atoms with E-state index in [9.17, 15) is 43.2 Å². The summed E-state index contributed by atoms with van der Waals surface area (Å²) in [5.41, 5.74) is 0. The van der Waals surface area contributed by atoms with E-state index in [0.29, 0.717) is 25.7 Å². The van der Waals surface area contributed by atoms with Crippen LogP contribution in [0.1, 0.15) is 420 Å². The van der Waals surface area contributed by atoms with Crippen LogP contribution < -0.4 is 0 Å². The fourth-order valence-electron chi connectivity index (χ4n) is 12.2. The average Bonchev–Trinajstić information content (AvgIpc) is 1.12. The van der Waals surface area contributed by atoms with E-state index >= 15 is 0 Å². The predicted octanol–water partition coefficient (Wildman–Crippen LogP) is 23.6. The molecular weight excluding hydrogens is 1280 g/mol. The molecule has 0 rings (SSSR count). The Morgan fingerprint density at radius 2 is 0.469 bits per heavy atom. The minimum atomic E-state index is -4.96. The van der Waals surface area contributed by atoms with Gasteiger partial charge in [0.15, 0.2) is 12.2 Å². The second-order valence-electron chi connectivity index (χ2n) is 28.9. The van der Waals surface area contributed by atoms with Crippen molar-refractivity contribution < 1.29 is 80.2 Å². The fraction of sp³-hybridized carbons (Fsp3) is 0.949. The molecule has 0 amide bonds. The van der Waals surface area contributed by atoms with Gasteiger partial charge in [-0.25, -0.2) is 9.13 Å². The van der Waals surface area contributed by atoms with Crippen LogP contribution in [-0.4, -0.2) is 96.7 Å². The second-order valence-corrected chi connectivity index (χ2v) is 31.8. The smallest absolute Gasteiger partial charge is 0.462 e. The number of ether oxygens (including phenoxy) is 4. The largest absolute Gasteiger partial charge is 0.472 e. The summed E-state index contributed by atoms with van der Waals surface area (Å²) in [5, 5.41) is 10.6. The summed E-state index contributed by atoms with van der Waals surface area (Å²) >= 11 is 0. The minimum absolute atomic E-state index is 0.108. The minimum Gasteiger partial charge on any atom is -0.462 e. The van der Waals surface area contributed by atoms with Gasteiger partial charge in [-0.3, -0.25) is 37.3 Å². The first-order chi connectivity index (χ1) is 47.5. The number of esters is 4. The Kier molecular flexibility index (Phi) is 70.6. The fourth-order valence-corrected chi connectivity index (χ4v) is 13.8. The number of rotatable bonds is 79. The van der Waals surface area contributed by atoms with Gasteiger partial charge >= 0.3 is 39.5 Å². The first kappa shape index (κ1) is 96.1. The monoisotopic (exact) mass is 1440 g/mol. The molecule has 0 radical (unpaired) electrons. The van der Waals surface area contributed by atoms with Crippen molar-refractivity contribution in [1.29, 1.82) is 0 Å². The molecule has 0 aromatic heterocycles. The van der Waals surface area contributed by atoms with Crippen LogP contribution >= 0.6 is 15.6 Å². The van der Waals surface area contributed by atoms with Crippen molar-refractivity contribution in [3.63, 3.8) is 0 Å². The molecule has 0 aromatic rings. The van der Waals surface area contributed by atoms with Crippen molar-refractivity contribution in [2.45, 2.75) is 438 Å². The lowest BCUT2D eigenvalue weighted by Gasteiger charge is -2.21. The normalized spacial score (nSPS) is 13.9. The zero-order valence-corrected chi connectivity index (χ0v) is 65.7. The molecule has 0 saturated carbocycles. The van der Waals surface area contributed by atoms with Crippen LogP contribution in [0.3, 0.4) is 0 Å².